The van der Waals surface area contributed by atoms with Gasteiger partial charge in [0, 0.05) is 27.6 Å². The van der Waals surface area contributed by atoms with Crippen molar-refractivity contribution in [3.8, 4) is 17.2 Å². The first kappa shape index (κ1) is 61.3. The fraction of sp³-hybridized carbons (Fsp3) is 0.577. The first-order valence-electron chi connectivity index (χ1n) is 24.8. The Hall–Kier alpha value is -4.22. The highest BCUT2D eigenvalue weighted by atomic mass is 79.9. The van der Waals surface area contributed by atoms with Crippen LogP contribution in [0.1, 0.15) is 138 Å². The molecule has 16 nitrogen and oxygen atoms in total. The SMILES string of the molecule is CCOC(=O)[C@@H](NC(=O)[C@H](NC(=O)[C@H](NC(=O)OC(C)(C)C)c1cc(Br)c(N=NN2CCCC2)c(Br)c1)c1ccc(OC)cc1)[C@H](O[Si](C(C)C)(C(C)C)C(C)C)c1ccc(O)c(Cl)c1O[Si](C)(C)C(C)(C)C. The molecule has 0 bridgehead atoms. The van der Waals surface area contributed by atoms with E-state index in [1.54, 1.807) is 70.2 Å². The second-order valence-corrected chi connectivity index (χ2v) is 34.0. The minimum absolute atomic E-state index is 0.00563. The number of carbonyl (C=O) groups is 4. The average molecular weight is 1200 g/mol. The van der Waals surface area contributed by atoms with E-state index in [0.717, 1.165) is 25.9 Å². The number of halogens is 3. The van der Waals surface area contributed by atoms with E-state index in [1.807, 2.05) is 18.1 Å². The number of alkyl carbamates (subject to hydrolysis) is 1. The van der Waals surface area contributed by atoms with E-state index in [0.29, 0.717) is 37.1 Å². The summed E-state index contributed by atoms with van der Waals surface area (Å²) < 4.78 is 32.3. The summed E-state index contributed by atoms with van der Waals surface area (Å²) in [5.41, 5.74) is 0.415. The highest BCUT2D eigenvalue weighted by molar-refractivity contribution is 9.11. The summed E-state index contributed by atoms with van der Waals surface area (Å²) in [7, 11) is -4.25. The molecule has 0 aliphatic carbocycles. The number of nitrogens with zero attached hydrogens (tertiary/aromatic N) is 3. The van der Waals surface area contributed by atoms with Crippen molar-refractivity contribution < 1.29 is 47.3 Å². The Morgan fingerprint density at radius 2 is 1.34 bits per heavy atom. The van der Waals surface area contributed by atoms with E-state index in [-0.39, 0.29) is 44.8 Å². The molecule has 1 saturated heterocycles. The van der Waals surface area contributed by atoms with Gasteiger partial charge >= 0.3 is 12.1 Å². The van der Waals surface area contributed by atoms with Crippen LogP contribution in [0.2, 0.25) is 39.8 Å². The summed E-state index contributed by atoms with van der Waals surface area (Å²) >= 11 is 14.2. The Bertz CT molecular complexity index is 2400. The predicted molar refractivity (Wildman–Crippen MR) is 298 cm³/mol. The van der Waals surface area contributed by atoms with Crippen LogP contribution in [0.3, 0.4) is 0 Å². The second-order valence-electron chi connectivity index (χ2n) is 21.8. The quantitative estimate of drug-likeness (QED) is 0.0450. The van der Waals surface area contributed by atoms with Gasteiger partial charge in [0.1, 0.15) is 51.7 Å². The fourth-order valence-electron chi connectivity index (χ4n) is 8.76. The number of hydrogen-bond acceptors (Lipinski definition) is 12. The van der Waals surface area contributed by atoms with E-state index in [4.69, 9.17) is 34.7 Å². The largest absolute Gasteiger partial charge is 0.542 e. The molecule has 1 heterocycles. The van der Waals surface area contributed by atoms with Gasteiger partial charge in [-0.2, -0.15) is 0 Å². The number of nitrogens with one attached hydrogen (secondary N) is 3. The second kappa shape index (κ2) is 25.5. The Morgan fingerprint density at radius 3 is 1.84 bits per heavy atom. The lowest BCUT2D eigenvalue weighted by Crippen LogP contribution is -2.56. The molecule has 404 valence electrons. The maximum Gasteiger partial charge on any atom is 0.408 e. The molecule has 1 fully saturated rings. The number of ether oxygens (including phenoxy) is 3. The summed E-state index contributed by atoms with van der Waals surface area (Å²) in [6.07, 6.45) is -0.179. The lowest BCUT2D eigenvalue weighted by atomic mass is 9.99. The van der Waals surface area contributed by atoms with E-state index in [1.165, 1.54) is 13.2 Å². The van der Waals surface area contributed by atoms with Gasteiger partial charge in [0.2, 0.25) is 20.1 Å². The first-order valence-corrected chi connectivity index (χ1v) is 31.8. The summed E-state index contributed by atoms with van der Waals surface area (Å²) in [6, 6.07) is 8.21. The van der Waals surface area contributed by atoms with E-state index in [9.17, 15) is 14.7 Å². The maximum atomic E-state index is 15.5. The smallest absolute Gasteiger partial charge is 0.408 e. The van der Waals surface area contributed by atoms with Crippen molar-refractivity contribution in [3.05, 3.63) is 79.2 Å². The van der Waals surface area contributed by atoms with Crippen molar-refractivity contribution in [1.29, 1.82) is 0 Å². The van der Waals surface area contributed by atoms with Gasteiger partial charge in [-0.1, -0.05) is 91.3 Å². The third kappa shape index (κ3) is 15.5. The number of rotatable bonds is 21. The van der Waals surface area contributed by atoms with Crippen LogP contribution < -0.4 is 25.1 Å². The van der Waals surface area contributed by atoms with Gasteiger partial charge in [0.25, 0.3) is 8.32 Å². The zero-order valence-electron chi connectivity index (χ0n) is 45.3. The van der Waals surface area contributed by atoms with Crippen LogP contribution in [0, 0.1) is 0 Å². The van der Waals surface area contributed by atoms with E-state index >= 15 is 9.59 Å². The number of benzene rings is 3. The Morgan fingerprint density at radius 1 is 0.808 bits per heavy atom. The van der Waals surface area contributed by atoms with Gasteiger partial charge in [-0.15, -0.1) is 5.11 Å². The van der Waals surface area contributed by atoms with Crippen molar-refractivity contribution in [2.45, 2.75) is 167 Å². The number of methoxy groups -OCH3 is 1. The van der Waals surface area contributed by atoms with Crippen molar-refractivity contribution in [2.24, 2.45) is 10.3 Å². The van der Waals surface area contributed by atoms with Gasteiger partial charge in [-0.3, -0.25) is 14.6 Å². The number of esters is 1. The minimum Gasteiger partial charge on any atom is -0.542 e. The Labute approximate surface area is 456 Å². The summed E-state index contributed by atoms with van der Waals surface area (Å²) in [6.45, 7) is 31.1. The molecule has 73 heavy (non-hydrogen) atoms. The van der Waals surface area contributed by atoms with Crippen molar-refractivity contribution in [2.75, 3.05) is 26.8 Å². The van der Waals surface area contributed by atoms with Crippen LogP contribution in [0.4, 0.5) is 10.5 Å². The van der Waals surface area contributed by atoms with Gasteiger partial charge < -0.3 is 44.1 Å². The molecule has 1 aliphatic rings. The summed E-state index contributed by atoms with van der Waals surface area (Å²) in [5, 5.41) is 30.0. The summed E-state index contributed by atoms with van der Waals surface area (Å²) in [5.74, 6) is -2.12. The molecule has 0 unspecified atom stereocenters. The molecule has 4 N–H and O–H groups in total. The van der Waals surface area contributed by atoms with Crippen LogP contribution in [0.5, 0.6) is 17.2 Å². The van der Waals surface area contributed by atoms with Crippen LogP contribution in [0.15, 0.2) is 67.8 Å². The normalized spacial score (nSPS) is 15.3. The number of hydrogen-bond donors (Lipinski definition) is 4. The monoisotopic (exact) mass is 1190 g/mol. The molecule has 3 aromatic carbocycles. The molecule has 0 aromatic heterocycles. The molecule has 21 heteroatoms. The standard InChI is InChI=1S/C52H77Br2ClN6O10Si2/c1-17-68-49(65)44(46(71-73(30(2)3,31(4)5)32(6)7)36-24-25-39(62)40(55)45(36)70-72(15,16)52(11,12)13)57-47(63)41(33-20-22-35(67-14)23-21-33)56-48(64)42(58-50(66)69-51(8,9)10)34-28-37(53)43(38(54)29-34)59-60-61-26-18-19-27-61/h20-25,28-32,41-42,44,46,62H,17-19,26-27H2,1-16H3,(H,56,64)(H,57,63)(H,58,66)/t41-,42-,44+,46-/m1/s1. The molecule has 0 radical (unpaired) electrons. The third-order valence-electron chi connectivity index (χ3n) is 13.4. The van der Waals surface area contributed by atoms with Crippen molar-refractivity contribution >= 4 is 89.7 Å². The number of amides is 3. The summed E-state index contributed by atoms with van der Waals surface area (Å²) in [4.78, 5) is 58.9. The Kier molecular flexibility index (Phi) is 21.5. The van der Waals surface area contributed by atoms with Crippen LogP contribution >= 0.6 is 43.5 Å². The zero-order valence-corrected chi connectivity index (χ0v) is 51.2. The van der Waals surface area contributed by atoms with E-state index < -0.39 is 70.3 Å². The zero-order chi connectivity index (χ0) is 55.0. The molecular formula is C52H77Br2ClN6O10Si2. The van der Waals surface area contributed by atoms with Gasteiger partial charge in [-0.05, 0) is 155 Å². The topological polar surface area (TPSA) is 199 Å². The highest BCUT2D eigenvalue weighted by Gasteiger charge is 2.51. The first-order chi connectivity index (χ1) is 33.9. The lowest BCUT2D eigenvalue weighted by Gasteiger charge is -2.46. The molecule has 3 aromatic rings. The molecule has 4 atom stereocenters. The maximum absolute atomic E-state index is 15.5. The number of carbonyl (C=O) groups excluding carboxylic acids is 4. The Balaban J connectivity index is 1.97. The molecule has 4 rings (SSSR count). The van der Waals surface area contributed by atoms with Crippen molar-refractivity contribution in [3.63, 3.8) is 0 Å². The highest BCUT2D eigenvalue weighted by Crippen LogP contribution is 2.51. The number of aromatic hydroxyl groups is 1. The number of phenolic OH excluding ortho intramolecular Hbond substituents is 1. The van der Waals surface area contributed by atoms with Gasteiger partial charge in [0.05, 0.1) is 13.7 Å². The fourth-order valence-corrected chi connectivity index (χ4v) is 17.0. The van der Waals surface area contributed by atoms with Crippen molar-refractivity contribution in [1.82, 2.24) is 21.0 Å². The molecule has 0 spiro atoms. The average Bonchev–Trinajstić information content (AvgIpc) is 3.81. The van der Waals surface area contributed by atoms with Gasteiger partial charge in [-0.25, -0.2) is 9.59 Å². The minimum atomic E-state index is -3.01. The third-order valence-corrected chi connectivity index (χ3v) is 25.4. The van der Waals surface area contributed by atoms with Crippen LogP contribution in [-0.2, 0) is 28.3 Å². The number of phenols is 1. The van der Waals surface area contributed by atoms with Crippen LogP contribution in [-0.4, -0.2) is 89.1 Å². The molecular weight excluding hydrogens is 1120 g/mol. The van der Waals surface area contributed by atoms with E-state index in [2.05, 4.69) is 120 Å². The van der Waals surface area contributed by atoms with Crippen LogP contribution in [0.25, 0.3) is 0 Å². The predicted octanol–water partition coefficient (Wildman–Crippen LogP) is 13.5. The molecule has 3 amide bonds. The lowest BCUT2D eigenvalue weighted by molar-refractivity contribution is -0.151. The molecule has 1 aliphatic heterocycles. The molecule has 0 saturated carbocycles. The van der Waals surface area contributed by atoms with Gasteiger partial charge in [0.15, 0.2) is 6.04 Å².